The van der Waals surface area contributed by atoms with Gasteiger partial charge >= 0.3 is 0 Å². The van der Waals surface area contributed by atoms with Gasteiger partial charge in [0.25, 0.3) is 5.91 Å². The molecule has 2 N–H and O–H groups in total. The van der Waals surface area contributed by atoms with Crippen molar-refractivity contribution in [3.8, 4) is 0 Å². The maximum atomic E-state index is 13.1. The molecule has 0 spiro atoms. The molecule has 1 heterocycles. The highest BCUT2D eigenvalue weighted by molar-refractivity contribution is 6.13. The molecule has 1 fully saturated rings. The van der Waals surface area contributed by atoms with Gasteiger partial charge in [-0.2, -0.15) is 0 Å². The minimum Gasteiger partial charge on any atom is -0.304 e. The Bertz CT molecular complexity index is 823. The van der Waals surface area contributed by atoms with Crippen LogP contribution in [0.5, 0.6) is 0 Å². The molecule has 0 aromatic heterocycles. The number of aliphatic imine (C=N–C) groups is 1. The summed E-state index contributed by atoms with van der Waals surface area (Å²) in [5.41, 5.74) is 10.4. The fourth-order valence-electron chi connectivity index (χ4n) is 4.29. The van der Waals surface area contributed by atoms with E-state index < -0.39 is 6.17 Å². The van der Waals surface area contributed by atoms with E-state index in [9.17, 15) is 4.79 Å². The van der Waals surface area contributed by atoms with E-state index in [4.69, 9.17) is 10.7 Å². The van der Waals surface area contributed by atoms with Crippen LogP contribution in [0.15, 0.2) is 59.6 Å². The molecule has 140 valence electrons. The van der Waals surface area contributed by atoms with Crippen LogP contribution in [-0.2, 0) is 11.3 Å². The number of amides is 1. The van der Waals surface area contributed by atoms with Crippen LogP contribution in [0, 0.1) is 5.92 Å². The lowest BCUT2D eigenvalue weighted by molar-refractivity contribution is -0.119. The van der Waals surface area contributed by atoms with Crippen molar-refractivity contribution in [3.63, 3.8) is 0 Å². The van der Waals surface area contributed by atoms with Gasteiger partial charge in [-0.15, -0.1) is 0 Å². The number of anilines is 1. The first-order chi connectivity index (χ1) is 13.2. The summed E-state index contributed by atoms with van der Waals surface area (Å²) >= 11 is 0. The number of carbonyl (C=O) groups excluding carboxylic acids is 1. The predicted octanol–water partition coefficient (Wildman–Crippen LogP) is 4.28. The van der Waals surface area contributed by atoms with Gasteiger partial charge in [0.1, 0.15) is 0 Å². The standard InChI is InChI=1S/C23H27N3O/c24-22-23(27)26(16-17-10-4-3-5-11-17)20-15-9-8-14-19(20)21(25-22)18-12-6-1-2-7-13-18/h3-5,8-11,14-15,18,22H,1-2,6-7,12-13,16,24H2. The Morgan fingerprint density at radius 2 is 1.59 bits per heavy atom. The van der Waals surface area contributed by atoms with E-state index >= 15 is 0 Å². The molecule has 27 heavy (non-hydrogen) atoms. The minimum atomic E-state index is -0.834. The molecule has 4 nitrogen and oxygen atoms in total. The molecule has 2 aromatic carbocycles. The zero-order chi connectivity index (χ0) is 18.6. The molecule has 0 saturated heterocycles. The molecule has 4 heteroatoms. The van der Waals surface area contributed by atoms with E-state index in [-0.39, 0.29) is 5.91 Å². The SMILES string of the molecule is NC1N=C(C2CCCCCC2)c2ccccc2N(Cc2ccccc2)C1=O. The van der Waals surface area contributed by atoms with E-state index in [0.29, 0.717) is 12.5 Å². The number of benzodiazepines with no additional fused rings is 1. The Labute approximate surface area is 161 Å². The normalized spacial score (nSPS) is 21.2. The number of para-hydroxylation sites is 1. The van der Waals surface area contributed by atoms with Gasteiger partial charge in [0.2, 0.25) is 0 Å². The quantitative estimate of drug-likeness (QED) is 0.830. The predicted molar refractivity (Wildman–Crippen MR) is 110 cm³/mol. The lowest BCUT2D eigenvalue weighted by atomic mass is 9.89. The van der Waals surface area contributed by atoms with Crippen molar-refractivity contribution in [2.24, 2.45) is 16.6 Å². The monoisotopic (exact) mass is 361 g/mol. The molecule has 1 aliphatic carbocycles. The third-order valence-electron chi connectivity index (χ3n) is 5.69. The smallest absolute Gasteiger partial charge is 0.266 e. The number of carbonyl (C=O) groups is 1. The van der Waals surface area contributed by atoms with E-state index in [0.717, 1.165) is 35.4 Å². The van der Waals surface area contributed by atoms with Gasteiger partial charge in [0.05, 0.1) is 12.2 Å². The molecule has 2 aliphatic rings. The van der Waals surface area contributed by atoms with Gasteiger partial charge in [0.15, 0.2) is 6.17 Å². The molecule has 1 atom stereocenters. The van der Waals surface area contributed by atoms with Crippen LogP contribution in [0.1, 0.15) is 49.7 Å². The Hall–Kier alpha value is -2.46. The van der Waals surface area contributed by atoms with Gasteiger partial charge in [-0.1, -0.05) is 74.2 Å². The Balaban J connectivity index is 1.75. The van der Waals surface area contributed by atoms with Crippen LogP contribution in [-0.4, -0.2) is 17.8 Å². The van der Waals surface area contributed by atoms with Crippen LogP contribution in [0.25, 0.3) is 0 Å². The van der Waals surface area contributed by atoms with Crippen molar-refractivity contribution < 1.29 is 4.79 Å². The largest absolute Gasteiger partial charge is 0.304 e. The molecular weight excluding hydrogens is 334 g/mol. The first-order valence-corrected chi connectivity index (χ1v) is 10.0. The number of nitrogens with two attached hydrogens (primary N) is 1. The average molecular weight is 361 g/mol. The van der Waals surface area contributed by atoms with E-state index in [1.807, 2.05) is 53.4 Å². The van der Waals surface area contributed by atoms with Crippen LogP contribution in [0.4, 0.5) is 5.69 Å². The summed E-state index contributed by atoms with van der Waals surface area (Å²) in [6.45, 7) is 0.512. The van der Waals surface area contributed by atoms with Crippen molar-refractivity contribution >= 4 is 17.3 Å². The molecular formula is C23H27N3O. The molecule has 1 amide bonds. The summed E-state index contributed by atoms with van der Waals surface area (Å²) < 4.78 is 0. The lowest BCUT2D eigenvalue weighted by Crippen LogP contribution is -2.42. The molecule has 2 aromatic rings. The molecule has 4 rings (SSSR count). The second kappa shape index (κ2) is 8.05. The van der Waals surface area contributed by atoms with Gasteiger partial charge in [0, 0.05) is 17.2 Å². The number of hydrogen-bond acceptors (Lipinski definition) is 3. The Morgan fingerprint density at radius 1 is 0.926 bits per heavy atom. The van der Waals surface area contributed by atoms with Crippen LogP contribution >= 0.6 is 0 Å². The molecule has 1 saturated carbocycles. The highest BCUT2D eigenvalue weighted by atomic mass is 16.2. The second-order valence-corrected chi connectivity index (χ2v) is 7.57. The molecule has 0 radical (unpaired) electrons. The highest BCUT2D eigenvalue weighted by Gasteiger charge is 2.32. The van der Waals surface area contributed by atoms with Crippen molar-refractivity contribution in [3.05, 3.63) is 65.7 Å². The number of hydrogen-bond donors (Lipinski definition) is 1. The maximum Gasteiger partial charge on any atom is 0.266 e. The summed E-state index contributed by atoms with van der Waals surface area (Å²) in [7, 11) is 0. The number of fused-ring (bicyclic) bond motifs is 1. The van der Waals surface area contributed by atoms with Crippen molar-refractivity contribution in [1.29, 1.82) is 0 Å². The van der Waals surface area contributed by atoms with Gasteiger partial charge in [-0.3, -0.25) is 9.79 Å². The Kier molecular flexibility index (Phi) is 5.35. The van der Waals surface area contributed by atoms with Crippen LogP contribution < -0.4 is 10.6 Å². The summed E-state index contributed by atoms with van der Waals surface area (Å²) in [5, 5.41) is 0. The summed E-state index contributed by atoms with van der Waals surface area (Å²) in [6, 6.07) is 18.2. The third-order valence-corrected chi connectivity index (χ3v) is 5.69. The minimum absolute atomic E-state index is 0.130. The highest BCUT2D eigenvalue weighted by Crippen LogP contribution is 2.33. The molecule has 0 bridgehead atoms. The van der Waals surface area contributed by atoms with Gasteiger partial charge < -0.3 is 10.6 Å². The van der Waals surface area contributed by atoms with Crippen molar-refractivity contribution in [2.75, 3.05) is 4.90 Å². The zero-order valence-corrected chi connectivity index (χ0v) is 15.7. The number of benzene rings is 2. The van der Waals surface area contributed by atoms with Crippen molar-refractivity contribution in [1.82, 2.24) is 0 Å². The van der Waals surface area contributed by atoms with Gasteiger partial charge in [-0.25, -0.2) is 0 Å². The fourth-order valence-corrected chi connectivity index (χ4v) is 4.29. The van der Waals surface area contributed by atoms with Crippen LogP contribution in [0.3, 0.4) is 0 Å². The second-order valence-electron chi connectivity index (χ2n) is 7.57. The van der Waals surface area contributed by atoms with Crippen LogP contribution in [0.2, 0.25) is 0 Å². The summed E-state index contributed by atoms with van der Waals surface area (Å²) in [5.74, 6) is 0.263. The number of nitrogens with zero attached hydrogens (tertiary/aromatic N) is 2. The molecule has 1 aliphatic heterocycles. The number of rotatable bonds is 3. The van der Waals surface area contributed by atoms with E-state index in [1.54, 1.807) is 0 Å². The maximum absolute atomic E-state index is 13.1. The summed E-state index contributed by atoms with van der Waals surface area (Å²) in [4.78, 5) is 19.7. The topological polar surface area (TPSA) is 58.7 Å². The third kappa shape index (κ3) is 3.81. The molecule has 1 unspecified atom stereocenters. The van der Waals surface area contributed by atoms with Gasteiger partial charge in [-0.05, 0) is 24.5 Å². The van der Waals surface area contributed by atoms with E-state index in [2.05, 4.69) is 6.07 Å². The summed E-state index contributed by atoms with van der Waals surface area (Å²) in [6.07, 6.45) is 6.46. The van der Waals surface area contributed by atoms with E-state index in [1.165, 1.54) is 25.7 Å². The van der Waals surface area contributed by atoms with Crippen molar-refractivity contribution in [2.45, 2.75) is 51.2 Å². The fraction of sp³-hybridized carbons (Fsp3) is 0.391. The zero-order valence-electron chi connectivity index (χ0n) is 15.7. The first-order valence-electron chi connectivity index (χ1n) is 10.0. The Morgan fingerprint density at radius 3 is 2.33 bits per heavy atom. The first kappa shape index (κ1) is 17.9. The average Bonchev–Trinajstić information content (AvgIpc) is 3.03. The lowest BCUT2D eigenvalue weighted by Gasteiger charge is -2.25.